The maximum atomic E-state index is 12.5. The van der Waals surface area contributed by atoms with E-state index in [2.05, 4.69) is 0 Å². The van der Waals surface area contributed by atoms with Crippen molar-refractivity contribution in [2.24, 2.45) is 0 Å². The first-order chi connectivity index (χ1) is 14.3. The summed E-state index contributed by atoms with van der Waals surface area (Å²) in [6.07, 6.45) is 6.28. The fourth-order valence-corrected chi connectivity index (χ4v) is 2.93. The van der Waals surface area contributed by atoms with Gasteiger partial charge in [0.15, 0.2) is 12.1 Å². The largest absolute Gasteiger partial charge is 0.508 e. The minimum Gasteiger partial charge on any atom is -0.508 e. The maximum Gasteiger partial charge on any atom is 0.189 e. The summed E-state index contributed by atoms with van der Waals surface area (Å²) in [7, 11) is 3.17. The fraction of sp³-hybridized carbons (Fsp3) is 0.292. The van der Waals surface area contributed by atoms with Gasteiger partial charge in [-0.15, -0.1) is 0 Å². The monoisotopic (exact) mass is 412 g/mol. The zero-order valence-corrected chi connectivity index (χ0v) is 17.5. The highest BCUT2D eigenvalue weighted by Gasteiger charge is 2.15. The number of aromatic hydroxyl groups is 3. The normalized spacial score (nSPS) is 12.1. The van der Waals surface area contributed by atoms with E-state index in [0.717, 1.165) is 17.6 Å². The van der Waals surface area contributed by atoms with Crippen molar-refractivity contribution in [3.05, 3.63) is 70.8 Å². The van der Waals surface area contributed by atoms with Crippen molar-refractivity contribution in [1.82, 2.24) is 0 Å². The molecule has 2 rings (SSSR count). The van der Waals surface area contributed by atoms with Crippen LogP contribution < -0.4 is 0 Å². The zero-order chi connectivity index (χ0) is 22.1. The van der Waals surface area contributed by atoms with Crippen LogP contribution in [-0.4, -0.2) is 41.6 Å². The number of phenols is 3. The van der Waals surface area contributed by atoms with E-state index in [1.54, 1.807) is 32.4 Å². The van der Waals surface area contributed by atoms with Gasteiger partial charge < -0.3 is 24.8 Å². The molecule has 0 heterocycles. The predicted molar refractivity (Wildman–Crippen MR) is 116 cm³/mol. The molecule has 0 bridgehead atoms. The van der Waals surface area contributed by atoms with Crippen molar-refractivity contribution < 1.29 is 29.6 Å². The van der Waals surface area contributed by atoms with Gasteiger partial charge in [0.05, 0.1) is 5.56 Å². The smallest absolute Gasteiger partial charge is 0.189 e. The molecule has 2 aromatic rings. The lowest BCUT2D eigenvalue weighted by molar-refractivity contribution is -0.105. The standard InChI is InChI=1S/C24H28O6/c1-16(5-15-23(29-2)30-3)4-11-19-22(27)14-12-20(24(19)28)21(26)13-8-17-6-9-18(25)10-7-17/h4,6-10,12-14,23,25,27-28H,5,11,15H2,1-3H3/b13-8+,16-4+. The van der Waals surface area contributed by atoms with E-state index in [-0.39, 0.29) is 41.3 Å². The first kappa shape index (κ1) is 23.2. The lowest BCUT2D eigenvalue weighted by Gasteiger charge is -2.13. The Balaban J connectivity index is 2.13. The number of phenolic OH excluding ortho intramolecular Hbond substituents is 3. The topological polar surface area (TPSA) is 96.2 Å². The molecule has 0 unspecified atom stereocenters. The molecule has 30 heavy (non-hydrogen) atoms. The van der Waals surface area contributed by atoms with E-state index in [4.69, 9.17) is 9.47 Å². The second-order valence-electron chi connectivity index (χ2n) is 6.94. The molecule has 160 valence electrons. The van der Waals surface area contributed by atoms with Gasteiger partial charge in [0.25, 0.3) is 0 Å². The van der Waals surface area contributed by atoms with Gasteiger partial charge in [-0.05, 0) is 55.7 Å². The molecule has 2 aromatic carbocycles. The van der Waals surface area contributed by atoms with Crippen molar-refractivity contribution in [3.63, 3.8) is 0 Å². The molecular formula is C24H28O6. The molecule has 0 amide bonds. The highest BCUT2D eigenvalue weighted by molar-refractivity contribution is 6.09. The summed E-state index contributed by atoms with van der Waals surface area (Å²) in [5.74, 6) is -0.540. The Morgan fingerprint density at radius 2 is 1.70 bits per heavy atom. The van der Waals surface area contributed by atoms with Gasteiger partial charge in [0.1, 0.15) is 17.2 Å². The van der Waals surface area contributed by atoms with Gasteiger partial charge in [-0.25, -0.2) is 0 Å². The summed E-state index contributed by atoms with van der Waals surface area (Å²) in [6.45, 7) is 1.95. The third-order valence-corrected chi connectivity index (χ3v) is 4.80. The molecule has 0 aliphatic heterocycles. The Morgan fingerprint density at radius 3 is 2.33 bits per heavy atom. The Labute approximate surface area is 176 Å². The average molecular weight is 412 g/mol. The number of ether oxygens (including phenoxy) is 2. The third kappa shape index (κ3) is 6.47. The molecular weight excluding hydrogens is 384 g/mol. The summed E-state index contributed by atoms with van der Waals surface area (Å²) in [6, 6.07) is 9.20. The van der Waals surface area contributed by atoms with Crippen molar-refractivity contribution >= 4 is 11.9 Å². The highest BCUT2D eigenvalue weighted by Crippen LogP contribution is 2.32. The summed E-state index contributed by atoms with van der Waals surface area (Å²) in [5, 5.41) is 30.0. The van der Waals surface area contributed by atoms with Crippen molar-refractivity contribution in [2.75, 3.05) is 14.2 Å². The number of benzene rings is 2. The highest BCUT2D eigenvalue weighted by atomic mass is 16.7. The first-order valence-corrected chi connectivity index (χ1v) is 9.62. The summed E-state index contributed by atoms with van der Waals surface area (Å²) in [5.41, 5.74) is 2.21. The van der Waals surface area contributed by atoms with Crippen LogP contribution in [0.1, 0.15) is 41.3 Å². The molecule has 0 saturated carbocycles. The molecule has 6 heteroatoms. The molecule has 0 fully saturated rings. The number of carbonyl (C=O) groups excluding carboxylic acids is 1. The summed E-state index contributed by atoms with van der Waals surface area (Å²) in [4.78, 5) is 12.5. The number of methoxy groups -OCH3 is 2. The van der Waals surface area contributed by atoms with Crippen LogP contribution in [-0.2, 0) is 15.9 Å². The number of ketones is 1. The third-order valence-electron chi connectivity index (χ3n) is 4.80. The van der Waals surface area contributed by atoms with Gasteiger partial charge in [0, 0.05) is 26.2 Å². The first-order valence-electron chi connectivity index (χ1n) is 9.62. The van der Waals surface area contributed by atoms with Crippen LogP contribution >= 0.6 is 0 Å². The van der Waals surface area contributed by atoms with E-state index < -0.39 is 0 Å². The lowest BCUT2D eigenvalue weighted by Crippen LogP contribution is -2.12. The van der Waals surface area contributed by atoms with Crippen LogP contribution in [0.15, 0.2) is 54.1 Å². The number of hydrogen-bond donors (Lipinski definition) is 3. The number of allylic oxidation sites excluding steroid dienone is 3. The lowest BCUT2D eigenvalue weighted by atomic mass is 9.99. The van der Waals surface area contributed by atoms with Crippen LogP contribution in [0.25, 0.3) is 6.08 Å². The Morgan fingerprint density at radius 1 is 1.03 bits per heavy atom. The second kappa shape index (κ2) is 11.2. The molecule has 0 spiro atoms. The number of carbonyl (C=O) groups is 1. The van der Waals surface area contributed by atoms with Crippen LogP contribution in [0, 0.1) is 0 Å². The zero-order valence-electron chi connectivity index (χ0n) is 17.5. The van der Waals surface area contributed by atoms with Crippen molar-refractivity contribution in [2.45, 2.75) is 32.5 Å². The molecule has 0 aliphatic rings. The molecule has 0 aromatic heterocycles. The second-order valence-corrected chi connectivity index (χ2v) is 6.94. The predicted octanol–water partition coefficient (Wildman–Crippen LogP) is 4.59. The number of hydrogen-bond acceptors (Lipinski definition) is 6. The van der Waals surface area contributed by atoms with E-state index in [1.807, 2.05) is 13.0 Å². The van der Waals surface area contributed by atoms with Gasteiger partial charge in [0.2, 0.25) is 0 Å². The number of rotatable bonds is 10. The Kier molecular flexibility index (Phi) is 8.65. The minimum absolute atomic E-state index is 0.0673. The Hall–Kier alpha value is -3.09. The van der Waals surface area contributed by atoms with Gasteiger partial charge in [-0.3, -0.25) is 4.79 Å². The maximum absolute atomic E-state index is 12.5. The summed E-state index contributed by atoms with van der Waals surface area (Å²) >= 11 is 0. The van der Waals surface area contributed by atoms with E-state index in [0.29, 0.717) is 12.0 Å². The SMILES string of the molecule is COC(CC/C(C)=C/Cc1c(O)ccc(C(=O)/C=C/c2ccc(O)cc2)c1O)OC. The molecule has 3 N–H and O–H groups in total. The molecule has 0 radical (unpaired) electrons. The van der Waals surface area contributed by atoms with E-state index in [1.165, 1.54) is 30.3 Å². The van der Waals surface area contributed by atoms with Crippen LogP contribution in [0.2, 0.25) is 0 Å². The molecule has 6 nitrogen and oxygen atoms in total. The van der Waals surface area contributed by atoms with Gasteiger partial charge >= 0.3 is 0 Å². The fourth-order valence-electron chi connectivity index (χ4n) is 2.93. The van der Waals surface area contributed by atoms with E-state index in [9.17, 15) is 20.1 Å². The summed E-state index contributed by atoms with van der Waals surface area (Å²) < 4.78 is 10.3. The quantitative estimate of drug-likeness (QED) is 0.229. The Bertz CT molecular complexity index is 908. The van der Waals surface area contributed by atoms with Crippen LogP contribution in [0.4, 0.5) is 0 Å². The van der Waals surface area contributed by atoms with Gasteiger partial charge in [-0.1, -0.05) is 29.9 Å². The average Bonchev–Trinajstić information content (AvgIpc) is 2.73. The van der Waals surface area contributed by atoms with Crippen molar-refractivity contribution in [3.8, 4) is 17.2 Å². The van der Waals surface area contributed by atoms with Crippen LogP contribution in [0.3, 0.4) is 0 Å². The minimum atomic E-state index is -0.384. The molecule has 0 atom stereocenters. The molecule has 0 saturated heterocycles. The van der Waals surface area contributed by atoms with Gasteiger partial charge in [-0.2, -0.15) is 0 Å². The molecule has 0 aliphatic carbocycles. The van der Waals surface area contributed by atoms with E-state index >= 15 is 0 Å². The van der Waals surface area contributed by atoms with Crippen molar-refractivity contribution in [1.29, 1.82) is 0 Å². The van der Waals surface area contributed by atoms with Crippen LogP contribution in [0.5, 0.6) is 17.2 Å².